The molecule has 2 heterocycles. The highest BCUT2D eigenvalue weighted by Crippen LogP contribution is 2.33. The molecule has 0 aromatic heterocycles. The smallest absolute Gasteiger partial charge is 0.0695 e. The van der Waals surface area contributed by atoms with Gasteiger partial charge in [0.1, 0.15) is 0 Å². The summed E-state index contributed by atoms with van der Waals surface area (Å²) in [7, 11) is 0. The van der Waals surface area contributed by atoms with E-state index < -0.39 is 0 Å². The minimum absolute atomic E-state index is 0. The number of ether oxygens (including phenoxy) is 1. The third kappa shape index (κ3) is 2.83. The minimum atomic E-state index is 0. The van der Waals surface area contributed by atoms with Crippen LogP contribution in [-0.2, 0) is 4.74 Å². The Morgan fingerprint density at radius 2 is 1.77 bits per heavy atom. The van der Waals surface area contributed by atoms with Gasteiger partial charge in [-0.25, -0.2) is 0 Å². The Hall–Kier alpha value is 0.210. The zero-order chi connectivity index (χ0) is 8.28. The summed E-state index contributed by atoms with van der Waals surface area (Å²) in [5.41, 5.74) is 0.280. The van der Waals surface area contributed by atoms with Crippen LogP contribution < -0.4 is 5.32 Å². The van der Waals surface area contributed by atoms with E-state index in [-0.39, 0.29) is 18.0 Å². The Kier molecular flexibility index (Phi) is 4.50. The summed E-state index contributed by atoms with van der Waals surface area (Å²) in [6.07, 6.45) is 7.75. The number of nitrogens with one attached hydrogen (secondary N) is 1. The molecule has 78 valence electrons. The van der Waals surface area contributed by atoms with Gasteiger partial charge in [0.25, 0.3) is 0 Å². The summed E-state index contributed by atoms with van der Waals surface area (Å²) in [5.74, 6) is 0. The van der Waals surface area contributed by atoms with E-state index >= 15 is 0 Å². The molecule has 0 amide bonds. The molecule has 0 aliphatic carbocycles. The van der Waals surface area contributed by atoms with Crippen LogP contribution in [0.3, 0.4) is 0 Å². The molecule has 0 aromatic rings. The van der Waals surface area contributed by atoms with Gasteiger partial charge in [-0.1, -0.05) is 0 Å². The lowest BCUT2D eigenvalue weighted by Crippen LogP contribution is -2.36. The molecule has 1 spiro atoms. The van der Waals surface area contributed by atoms with Crippen molar-refractivity contribution in [3.8, 4) is 0 Å². The summed E-state index contributed by atoms with van der Waals surface area (Å²) in [6, 6.07) is 0. The summed E-state index contributed by atoms with van der Waals surface area (Å²) in [6.45, 7) is 3.34. The maximum absolute atomic E-state index is 5.95. The minimum Gasteiger partial charge on any atom is -0.375 e. The molecule has 1 N–H and O–H groups in total. The van der Waals surface area contributed by atoms with Gasteiger partial charge in [0.05, 0.1) is 5.60 Å². The van der Waals surface area contributed by atoms with Gasteiger partial charge in [-0.2, -0.15) is 0 Å². The van der Waals surface area contributed by atoms with Crippen LogP contribution in [0.4, 0.5) is 0 Å². The van der Waals surface area contributed by atoms with E-state index in [1.807, 2.05) is 0 Å². The molecular formula is C10H20ClNO. The molecule has 3 heteroatoms. The second-order valence-corrected chi connectivity index (χ2v) is 4.09. The first-order valence-electron chi connectivity index (χ1n) is 5.26. The molecule has 0 radical (unpaired) electrons. The molecule has 2 rings (SSSR count). The highest BCUT2D eigenvalue weighted by molar-refractivity contribution is 5.85. The highest BCUT2D eigenvalue weighted by atomic mass is 35.5. The van der Waals surface area contributed by atoms with Crippen LogP contribution in [0.25, 0.3) is 0 Å². The van der Waals surface area contributed by atoms with Crippen LogP contribution in [0.1, 0.15) is 38.5 Å². The molecule has 0 bridgehead atoms. The molecule has 2 nitrogen and oxygen atoms in total. The predicted molar refractivity (Wildman–Crippen MR) is 56.5 cm³/mol. The van der Waals surface area contributed by atoms with E-state index in [1.54, 1.807) is 0 Å². The van der Waals surface area contributed by atoms with E-state index in [0.717, 1.165) is 13.2 Å². The van der Waals surface area contributed by atoms with E-state index in [9.17, 15) is 0 Å². The van der Waals surface area contributed by atoms with Crippen LogP contribution in [0.15, 0.2) is 0 Å². The van der Waals surface area contributed by atoms with Gasteiger partial charge in [0.2, 0.25) is 0 Å². The lowest BCUT2D eigenvalue weighted by atomic mass is 9.87. The van der Waals surface area contributed by atoms with Gasteiger partial charge in [-0.3, -0.25) is 0 Å². The van der Waals surface area contributed by atoms with Crippen molar-refractivity contribution in [3.05, 3.63) is 0 Å². The third-order valence-electron chi connectivity index (χ3n) is 3.18. The second kappa shape index (κ2) is 5.18. The average molecular weight is 206 g/mol. The van der Waals surface area contributed by atoms with Crippen LogP contribution in [-0.4, -0.2) is 25.3 Å². The third-order valence-corrected chi connectivity index (χ3v) is 3.18. The van der Waals surface area contributed by atoms with Crippen molar-refractivity contribution in [2.45, 2.75) is 44.1 Å². The van der Waals surface area contributed by atoms with Gasteiger partial charge in [0.15, 0.2) is 0 Å². The Morgan fingerprint density at radius 1 is 0.923 bits per heavy atom. The first-order chi connectivity index (χ1) is 5.91. The van der Waals surface area contributed by atoms with Crippen LogP contribution >= 0.6 is 12.4 Å². The van der Waals surface area contributed by atoms with Gasteiger partial charge >= 0.3 is 0 Å². The van der Waals surface area contributed by atoms with Crippen molar-refractivity contribution in [3.63, 3.8) is 0 Å². The Balaban J connectivity index is 0.000000845. The van der Waals surface area contributed by atoms with E-state index in [2.05, 4.69) is 5.32 Å². The Labute approximate surface area is 86.8 Å². The Morgan fingerprint density at radius 3 is 2.54 bits per heavy atom. The number of halogens is 1. The topological polar surface area (TPSA) is 21.3 Å². The Bertz CT molecular complexity index is 136. The fourth-order valence-corrected chi connectivity index (χ4v) is 2.41. The van der Waals surface area contributed by atoms with E-state index in [0.29, 0.717) is 0 Å². The normalized spacial score (nSPS) is 35.1. The molecule has 0 saturated carbocycles. The maximum Gasteiger partial charge on any atom is 0.0695 e. The molecule has 2 aliphatic rings. The zero-order valence-electron chi connectivity index (χ0n) is 8.18. The maximum atomic E-state index is 5.95. The van der Waals surface area contributed by atoms with Crippen LogP contribution in [0.5, 0.6) is 0 Å². The number of hydrogen-bond acceptors (Lipinski definition) is 2. The summed E-state index contributed by atoms with van der Waals surface area (Å²) < 4.78 is 5.95. The van der Waals surface area contributed by atoms with Crippen molar-refractivity contribution < 1.29 is 4.74 Å². The zero-order valence-corrected chi connectivity index (χ0v) is 9.00. The second-order valence-electron chi connectivity index (χ2n) is 4.09. The first kappa shape index (κ1) is 11.3. The lowest BCUT2D eigenvalue weighted by Gasteiger charge is -2.36. The van der Waals surface area contributed by atoms with Crippen molar-refractivity contribution >= 4 is 12.4 Å². The summed E-state index contributed by atoms with van der Waals surface area (Å²) in [5, 5.41) is 3.44. The van der Waals surface area contributed by atoms with Crippen molar-refractivity contribution in [2.24, 2.45) is 0 Å². The number of rotatable bonds is 0. The van der Waals surface area contributed by atoms with Crippen molar-refractivity contribution in [2.75, 3.05) is 19.7 Å². The van der Waals surface area contributed by atoms with Gasteiger partial charge < -0.3 is 10.1 Å². The van der Waals surface area contributed by atoms with E-state index in [4.69, 9.17) is 4.74 Å². The monoisotopic (exact) mass is 205 g/mol. The molecule has 13 heavy (non-hydrogen) atoms. The predicted octanol–water partition coefficient (Wildman–Crippen LogP) is 2.12. The molecule has 1 unspecified atom stereocenters. The fourth-order valence-electron chi connectivity index (χ4n) is 2.41. The van der Waals surface area contributed by atoms with Gasteiger partial charge in [-0.05, 0) is 51.6 Å². The average Bonchev–Trinajstić information content (AvgIpc) is 2.33. The van der Waals surface area contributed by atoms with E-state index in [1.165, 1.54) is 45.1 Å². The number of hydrogen-bond donors (Lipinski definition) is 1. The lowest BCUT2D eigenvalue weighted by molar-refractivity contribution is -0.0852. The molecule has 2 aliphatic heterocycles. The first-order valence-corrected chi connectivity index (χ1v) is 5.26. The molecule has 2 fully saturated rings. The van der Waals surface area contributed by atoms with Gasteiger partial charge in [0, 0.05) is 6.61 Å². The fraction of sp³-hybridized carbons (Fsp3) is 1.00. The largest absolute Gasteiger partial charge is 0.375 e. The summed E-state index contributed by atoms with van der Waals surface area (Å²) in [4.78, 5) is 0. The molecule has 2 saturated heterocycles. The molecule has 1 atom stereocenters. The quantitative estimate of drug-likeness (QED) is 0.654. The van der Waals surface area contributed by atoms with Crippen molar-refractivity contribution in [1.29, 1.82) is 0 Å². The van der Waals surface area contributed by atoms with Crippen molar-refractivity contribution in [1.82, 2.24) is 5.32 Å². The van der Waals surface area contributed by atoms with Gasteiger partial charge in [-0.15, -0.1) is 12.4 Å². The van der Waals surface area contributed by atoms with Crippen LogP contribution in [0.2, 0.25) is 0 Å². The SMILES string of the molecule is C1CCC2(CCCNCC2)OC1.Cl. The summed E-state index contributed by atoms with van der Waals surface area (Å²) >= 11 is 0. The molecule has 0 aromatic carbocycles. The van der Waals surface area contributed by atoms with Crippen LogP contribution in [0, 0.1) is 0 Å². The standard InChI is InChI=1S/C10H19NO.ClH/c1-2-9-12-10(4-1)5-3-7-11-8-6-10;/h11H,1-9H2;1H. The molecular weight excluding hydrogens is 186 g/mol. The highest BCUT2D eigenvalue weighted by Gasteiger charge is 2.33.